The molecular formula is C18H26N2O2. The lowest BCUT2D eigenvalue weighted by atomic mass is 9.91. The van der Waals surface area contributed by atoms with Crippen molar-refractivity contribution in [3.05, 3.63) is 29.3 Å². The number of hydrogen-bond acceptors (Lipinski definition) is 3. The number of carbonyl (C=O) groups is 1. The summed E-state index contributed by atoms with van der Waals surface area (Å²) in [6.45, 7) is 2.23. The van der Waals surface area contributed by atoms with E-state index in [1.807, 2.05) is 12.1 Å². The number of benzene rings is 1. The zero-order chi connectivity index (χ0) is 15.4. The molecule has 0 radical (unpaired) electrons. The molecule has 1 fully saturated rings. The summed E-state index contributed by atoms with van der Waals surface area (Å²) in [5.74, 6) is 0.902. The van der Waals surface area contributed by atoms with Crippen molar-refractivity contribution in [2.45, 2.75) is 44.6 Å². The zero-order valence-corrected chi connectivity index (χ0v) is 13.4. The Labute approximate surface area is 132 Å². The van der Waals surface area contributed by atoms with Gasteiger partial charge in [-0.15, -0.1) is 0 Å². The number of carbonyl (C=O) groups excluding carboxylic acids is 1. The molecule has 0 unspecified atom stereocenters. The molecule has 1 aliphatic carbocycles. The van der Waals surface area contributed by atoms with Crippen molar-refractivity contribution in [1.29, 1.82) is 0 Å². The molecule has 22 heavy (non-hydrogen) atoms. The Bertz CT molecular complexity index is 522. The molecule has 0 aromatic heterocycles. The first-order chi connectivity index (χ1) is 10.7. The summed E-state index contributed by atoms with van der Waals surface area (Å²) >= 11 is 0. The molecule has 4 nitrogen and oxygen atoms in total. The van der Waals surface area contributed by atoms with Gasteiger partial charge in [0.15, 0.2) is 6.61 Å². The maximum atomic E-state index is 12.1. The predicted octanol–water partition coefficient (Wildman–Crippen LogP) is 2.15. The highest BCUT2D eigenvalue weighted by Crippen LogP contribution is 2.29. The van der Waals surface area contributed by atoms with Gasteiger partial charge in [-0.05, 0) is 75.9 Å². The number of aryl methyl sites for hydroxylation is 1. The van der Waals surface area contributed by atoms with Crippen molar-refractivity contribution in [1.82, 2.24) is 10.2 Å². The highest BCUT2D eigenvalue weighted by molar-refractivity contribution is 5.77. The fourth-order valence-electron chi connectivity index (χ4n) is 3.45. The quantitative estimate of drug-likeness (QED) is 0.926. The molecule has 0 saturated carbocycles. The van der Waals surface area contributed by atoms with Crippen molar-refractivity contribution in [3.63, 3.8) is 0 Å². The summed E-state index contributed by atoms with van der Waals surface area (Å²) < 4.78 is 5.81. The van der Waals surface area contributed by atoms with Crippen molar-refractivity contribution in [2.75, 3.05) is 26.7 Å². The van der Waals surface area contributed by atoms with Crippen molar-refractivity contribution >= 4 is 5.91 Å². The molecule has 1 heterocycles. The standard InChI is InChI=1S/C18H26N2O2/c1-20-11-9-15(10-12-20)19-18(21)13-22-17-8-4-6-14-5-2-3-7-16(14)17/h4,6,8,15H,2-3,5,7,9-13H2,1H3,(H,19,21). The van der Waals surface area contributed by atoms with Gasteiger partial charge in [0, 0.05) is 6.04 Å². The molecule has 3 rings (SSSR count). The van der Waals surface area contributed by atoms with E-state index in [0.29, 0.717) is 6.04 Å². The minimum absolute atomic E-state index is 0.00275. The Morgan fingerprint density at radius 2 is 2.05 bits per heavy atom. The third-order valence-corrected chi connectivity index (χ3v) is 4.80. The van der Waals surface area contributed by atoms with Crippen LogP contribution in [0.5, 0.6) is 5.75 Å². The van der Waals surface area contributed by atoms with Crippen LogP contribution < -0.4 is 10.1 Å². The molecule has 1 aromatic carbocycles. The molecule has 1 N–H and O–H groups in total. The van der Waals surface area contributed by atoms with Gasteiger partial charge in [-0.25, -0.2) is 0 Å². The van der Waals surface area contributed by atoms with Crippen LogP contribution in [-0.4, -0.2) is 43.6 Å². The number of nitrogens with one attached hydrogen (secondary N) is 1. The lowest BCUT2D eigenvalue weighted by Gasteiger charge is -2.29. The molecule has 1 aliphatic heterocycles. The lowest BCUT2D eigenvalue weighted by Crippen LogP contribution is -2.44. The average molecular weight is 302 g/mol. The monoisotopic (exact) mass is 302 g/mol. The summed E-state index contributed by atoms with van der Waals surface area (Å²) in [5.41, 5.74) is 2.69. The molecule has 1 saturated heterocycles. The van der Waals surface area contributed by atoms with E-state index in [1.54, 1.807) is 0 Å². The van der Waals surface area contributed by atoms with Crippen LogP contribution in [0.3, 0.4) is 0 Å². The van der Waals surface area contributed by atoms with E-state index in [-0.39, 0.29) is 12.5 Å². The first-order valence-electron chi connectivity index (χ1n) is 8.44. The number of piperidine rings is 1. The van der Waals surface area contributed by atoms with E-state index in [4.69, 9.17) is 4.74 Å². The minimum Gasteiger partial charge on any atom is -0.483 e. The fraction of sp³-hybridized carbons (Fsp3) is 0.611. The Morgan fingerprint density at radius 1 is 1.27 bits per heavy atom. The molecule has 1 amide bonds. The van der Waals surface area contributed by atoms with Gasteiger partial charge in [-0.3, -0.25) is 4.79 Å². The van der Waals surface area contributed by atoms with Crippen LogP contribution in [0.25, 0.3) is 0 Å². The fourth-order valence-corrected chi connectivity index (χ4v) is 3.45. The van der Waals surface area contributed by atoms with E-state index in [2.05, 4.69) is 23.3 Å². The summed E-state index contributed by atoms with van der Waals surface area (Å²) in [5, 5.41) is 3.10. The first kappa shape index (κ1) is 15.3. The predicted molar refractivity (Wildman–Crippen MR) is 87.2 cm³/mol. The Hall–Kier alpha value is -1.55. The third kappa shape index (κ3) is 3.80. The molecule has 4 heteroatoms. The second-order valence-electron chi connectivity index (χ2n) is 6.53. The maximum absolute atomic E-state index is 12.1. The van der Waals surface area contributed by atoms with Crippen LogP contribution in [0.4, 0.5) is 0 Å². The summed E-state index contributed by atoms with van der Waals surface area (Å²) in [6.07, 6.45) is 6.74. The van der Waals surface area contributed by atoms with Crippen molar-refractivity contribution in [3.8, 4) is 5.75 Å². The molecule has 0 bridgehead atoms. The Kier molecular flexibility index (Phi) is 4.98. The van der Waals surface area contributed by atoms with Crippen LogP contribution in [0.2, 0.25) is 0 Å². The van der Waals surface area contributed by atoms with Gasteiger partial charge in [0.05, 0.1) is 0 Å². The second kappa shape index (κ2) is 7.14. The van der Waals surface area contributed by atoms with Crippen LogP contribution >= 0.6 is 0 Å². The van der Waals surface area contributed by atoms with Gasteiger partial charge in [0.2, 0.25) is 0 Å². The maximum Gasteiger partial charge on any atom is 0.258 e. The van der Waals surface area contributed by atoms with E-state index in [0.717, 1.165) is 44.5 Å². The topological polar surface area (TPSA) is 41.6 Å². The first-order valence-corrected chi connectivity index (χ1v) is 8.44. The van der Waals surface area contributed by atoms with Crippen LogP contribution in [0.1, 0.15) is 36.8 Å². The second-order valence-corrected chi connectivity index (χ2v) is 6.53. The van der Waals surface area contributed by atoms with E-state index >= 15 is 0 Å². The molecule has 1 aromatic rings. The van der Waals surface area contributed by atoms with Gasteiger partial charge in [0.25, 0.3) is 5.91 Å². The average Bonchev–Trinajstić information content (AvgIpc) is 2.55. The third-order valence-electron chi connectivity index (χ3n) is 4.80. The van der Waals surface area contributed by atoms with Crippen molar-refractivity contribution in [2.24, 2.45) is 0 Å². The largest absolute Gasteiger partial charge is 0.483 e. The molecule has 0 atom stereocenters. The highest BCUT2D eigenvalue weighted by Gasteiger charge is 2.19. The number of fused-ring (bicyclic) bond motifs is 1. The highest BCUT2D eigenvalue weighted by atomic mass is 16.5. The van der Waals surface area contributed by atoms with Gasteiger partial charge in [0.1, 0.15) is 5.75 Å². The number of rotatable bonds is 4. The molecule has 0 spiro atoms. The van der Waals surface area contributed by atoms with E-state index in [9.17, 15) is 4.79 Å². The number of hydrogen-bond donors (Lipinski definition) is 1. The van der Waals surface area contributed by atoms with E-state index in [1.165, 1.54) is 24.0 Å². The minimum atomic E-state index is 0.00275. The van der Waals surface area contributed by atoms with Crippen LogP contribution in [0, 0.1) is 0 Å². The van der Waals surface area contributed by atoms with Crippen molar-refractivity contribution < 1.29 is 9.53 Å². The summed E-state index contributed by atoms with van der Waals surface area (Å²) in [6, 6.07) is 6.51. The number of amides is 1. The van der Waals surface area contributed by atoms with Gasteiger partial charge in [-0.1, -0.05) is 12.1 Å². The van der Waals surface area contributed by atoms with Gasteiger partial charge >= 0.3 is 0 Å². The molecule has 120 valence electrons. The van der Waals surface area contributed by atoms with E-state index < -0.39 is 0 Å². The number of nitrogens with zero attached hydrogens (tertiary/aromatic N) is 1. The van der Waals surface area contributed by atoms with Crippen LogP contribution in [0.15, 0.2) is 18.2 Å². The SMILES string of the molecule is CN1CCC(NC(=O)COc2cccc3c2CCCC3)CC1. The summed E-state index contributed by atoms with van der Waals surface area (Å²) in [4.78, 5) is 14.4. The summed E-state index contributed by atoms with van der Waals surface area (Å²) in [7, 11) is 2.12. The Balaban J connectivity index is 1.51. The molecule has 2 aliphatic rings. The van der Waals surface area contributed by atoms with Gasteiger partial charge in [-0.2, -0.15) is 0 Å². The molecular weight excluding hydrogens is 276 g/mol. The Morgan fingerprint density at radius 3 is 2.86 bits per heavy atom. The van der Waals surface area contributed by atoms with Crippen LogP contribution in [-0.2, 0) is 17.6 Å². The number of ether oxygens (including phenoxy) is 1. The van der Waals surface area contributed by atoms with Gasteiger partial charge < -0.3 is 15.0 Å². The normalized spacial score (nSPS) is 19.5. The number of likely N-dealkylation sites (tertiary alicyclic amines) is 1. The smallest absolute Gasteiger partial charge is 0.258 e. The zero-order valence-electron chi connectivity index (χ0n) is 13.4. The lowest BCUT2D eigenvalue weighted by molar-refractivity contribution is -0.124.